The second kappa shape index (κ2) is 10.3. The van der Waals surface area contributed by atoms with Crippen molar-refractivity contribution in [3.63, 3.8) is 0 Å². The van der Waals surface area contributed by atoms with Crippen LogP contribution in [0.5, 0.6) is 11.5 Å². The second-order valence-electron chi connectivity index (χ2n) is 7.33. The molecule has 0 saturated carbocycles. The topological polar surface area (TPSA) is 55.8 Å². The fourth-order valence-electron chi connectivity index (χ4n) is 3.07. The number of carbonyl (C=O) groups is 1. The van der Waals surface area contributed by atoms with Crippen LogP contribution in [0.15, 0.2) is 77.3 Å². The SMILES string of the molecule is Cc1ccc(/C(=C/COc2ccc(OC(C)C(=O)O)c(C)c2)c2ccc(Br)cc2)cc1. The number of aliphatic carboxylic acids is 1. The Kier molecular flexibility index (Phi) is 7.53. The van der Waals surface area contributed by atoms with Gasteiger partial charge in [0, 0.05) is 4.47 Å². The van der Waals surface area contributed by atoms with E-state index in [4.69, 9.17) is 14.6 Å². The molecule has 0 fully saturated rings. The van der Waals surface area contributed by atoms with Crippen LogP contribution in [0.4, 0.5) is 0 Å². The van der Waals surface area contributed by atoms with Crippen molar-refractivity contribution in [2.45, 2.75) is 26.9 Å². The Morgan fingerprint density at radius 3 is 2.19 bits per heavy atom. The van der Waals surface area contributed by atoms with Crippen LogP contribution < -0.4 is 9.47 Å². The summed E-state index contributed by atoms with van der Waals surface area (Å²) in [5, 5.41) is 9.02. The van der Waals surface area contributed by atoms with Gasteiger partial charge < -0.3 is 14.6 Å². The number of hydrogen-bond donors (Lipinski definition) is 1. The number of carboxylic acids is 1. The largest absolute Gasteiger partial charge is 0.489 e. The molecule has 1 N–H and O–H groups in total. The van der Waals surface area contributed by atoms with E-state index in [2.05, 4.69) is 65.3 Å². The molecule has 31 heavy (non-hydrogen) atoms. The minimum Gasteiger partial charge on any atom is -0.489 e. The molecule has 0 heterocycles. The van der Waals surface area contributed by atoms with Crippen LogP contribution in [0.3, 0.4) is 0 Å². The van der Waals surface area contributed by atoms with Gasteiger partial charge in [0.2, 0.25) is 0 Å². The number of benzene rings is 3. The molecule has 0 amide bonds. The molecular weight excluding hydrogens is 456 g/mol. The average molecular weight is 481 g/mol. The Morgan fingerprint density at radius 2 is 1.61 bits per heavy atom. The molecule has 0 saturated heterocycles. The van der Waals surface area contributed by atoms with Crippen LogP contribution in [-0.2, 0) is 4.79 Å². The third kappa shape index (κ3) is 6.22. The van der Waals surface area contributed by atoms with Crippen LogP contribution >= 0.6 is 15.9 Å². The molecule has 0 aliphatic carbocycles. The van der Waals surface area contributed by atoms with E-state index in [1.807, 2.05) is 25.1 Å². The van der Waals surface area contributed by atoms with Crippen LogP contribution in [0.2, 0.25) is 0 Å². The molecule has 3 aromatic rings. The molecule has 0 aromatic heterocycles. The van der Waals surface area contributed by atoms with Gasteiger partial charge in [-0.1, -0.05) is 57.9 Å². The van der Waals surface area contributed by atoms with E-state index in [0.29, 0.717) is 18.1 Å². The monoisotopic (exact) mass is 480 g/mol. The van der Waals surface area contributed by atoms with Crippen LogP contribution in [0.25, 0.3) is 5.57 Å². The number of ether oxygens (including phenoxy) is 2. The first kappa shape index (κ1) is 22.6. The lowest BCUT2D eigenvalue weighted by atomic mass is 9.97. The minimum atomic E-state index is -0.999. The van der Waals surface area contributed by atoms with Crippen molar-refractivity contribution in [2.24, 2.45) is 0 Å². The first-order chi connectivity index (χ1) is 14.8. The van der Waals surface area contributed by atoms with Crippen molar-refractivity contribution in [3.8, 4) is 11.5 Å². The van der Waals surface area contributed by atoms with E-state index in [-0.39, 0.29) is 0 Å². The molecule has 4 nitrogen and oxygen atoms in total. The highest BCUT2D eigenvalue weighted by Crippen LogP contribution is 2.27. The van der Waals surface area contributed by atoms with Crippen LogP contribution in [-0.4, -0.2) is 23.8 Å². The lowest BCUT2D eigenvalue weighted by molar-refractivity contribution is -0.144. The third-order valence-corrected chi connectivity index (χ3v) is 5.38. The zero-order valence-corrected chi connectivity index (χ0v) is 19.3. The third-order valence-electron chi connectivity index (χ3n) is 4.85. The maximum Gasteiger partial charge on any atom is 0.344 e. The fraction of sp³-hybridized carbons (Fsp3) is 0.192. The van der Waals surface area contributed by atoms with Gasteiger partial charge in [-0.15, -0.1) is 0 Å². The molecule has 5 heteroatoms. The minimum absolute atomic E-state index is 0.393. The molecule has 0 bridgehead atoms. The Labute approximate surface area is 191 Å². The Balaban J connectivity index is 1.78. The Bertz CT molecular complexity index is 1020. The van der Waals surface area contributed by atoms with E-state index in [1.54, 1.807) is 12.1 Å². The highest BCUT2D eigenvalue weighted by Gasteiger charge is 2.14. The summed E-state index contributed by atoms with van der Waals surface area (Å²) in [7, 11) is 0. The van der Waals surface area contributed by atoms with Gasteiger partial charge in [-0.2, -0.15) is 0 Å². The highest BCUT2D eigenvalue weighted by atomic mass is 79.9. The zero-order valence-electron chi connectivity index (χ0n) is 17.8. The number of carboxylic acid groups (broad SMARTS) is 1. The molecular formula is C26H25BrO4. The number of rotatable bonds is 8. The van der Waals surface area contributed by atoms with Crippen molar-refractivity contribution >= 4 is 27.5 Å². The van der Waals surface area contributed by atoms with Crippen LogP contribution in [0, 0.1) is 13.8 Å². The van der Waals surface area contributed by atoms with E-state index in [0.717, 1.165) is 26.7 Å². The summed E-state index contributed by atoms with van der Waals surface area (Å²) in [6, 6.07) is 22.0. The van der Waals surface area contributed by atoms with Gasteiger partial charge in [0.1, 0.15) is 18.1 Å². The molecule has 0 spiro atoms. The quantitative estimate of drug-likeness (QED) is 0.403. The summed E-state index contributed by atoms with van der Waals surface area (Å²) in [5.74, 6) is 0.234. The average Bonchev–Trinajstić information content (AvgIpc) is 2.74. The Hall–Kier alpha value is -3.05. The van der Waals surface area contributed by atoms with Crippen molar-refractivity contribution in [1.82, 2.24) is 0 Å². The van der Waals surface area contributed by atoms with E-state index in [9.17, 15) is 4.79 Å². The maximum absolute atomic E-state index is 11.0. The Morgan fingerprint density at radius 1 is 1.00 bits per heavy atom. The molecule has 0 radical (unpaired) electrons. The molecule has 0 aliphatic rings. The predicted molar refractivity (Wildman–Crippen MR) is 127 cm³/mol. The van der Waals surface area contributed by atoms with Gasteiger partial charge in [-0.05, 0) is 79.4 Å². The zero-order chi connectivity index (χ0) is 22.4. The normalized spacial score (nSPS) is 12.3. The number of halogens is 1. The lowest BCUT2D eigenvalue weighted by Crippen LogP contribution is -2.23. The molecule has 3 aromatic carbocycles. The van der Waals surface area contributed by atoms with E-state index in [1.165, 1.54) is 12.5 Å². The number of hydrogen-bond acceptors (Lipinski definition) is 3. The molecule has 1 unspecified atom stereocenters. The first-order valence-electron chi connectivity index (χ1n) is 9.99. The van der Waals surface area contributed by atoms with Gasteiger partial charge >= 0.3 is 5.97 Å². The van der Waals surface area contributed by atoms with Crippen molar-refractivity contribution in [3.05, 3.63) is 99.5 Å². The van der Waals surface area contributed by atoms with E-state index >= 15 is 0 Å². The predicted octanol–water partition coefficient (Wildman–Crippen LogP) is 6.43. The van der Waals surface area contributed by atoms with Crippen LogP contribution in [0.1, 0.15) is 29.2 Å². The molecule has 160 valence electrons. The van der Waals surface area contributed by atoms with Crippen molar-refractivity contribution < 1.29 is 19.4 Å². The van der Waals surface area contributed by atoms with Gasteiger partial charge in [0.15, 0.2) is 6.10 Å². The highest BCUT2D eigenvalue weighted by molar-refractivity contribution is 9.10. The van der Waals surface area contributed by atoms with E-state index < -0.39 is 12.1 Å². The lowest BCUT2D eigenvalue weighted by Gasteiger charge is -2.14. The summed E-state index contributed by atoms with van der Waals surface area (Å²) in [5.41, 5.74) is 5.36. The van der Waals surface area contributed by atoms with Gasteiger partial charge in [0.05, 0.1) is 0 Å². The standard InChI is InChI=1S/C26H25BrO4/c1-17-4-6-20(7-5-17)24(21-8-10-22(27)11-9-21)14-15-30-23-12-13-25(18(2)16-23)31-19(3)26(28)29/h4-14,16,19H,15H2,1-3H3,(H,28,29)/b24-14-. The van der Waals surface area contributed by atoms with Gasteiger partial charge in [-0.3, -0.25) is 0 Å². The smallest absolute Gasteiger partial charge is 0.344 e. The van der Waals surface area contributed by atoms with Crippen molar-refractivity contribution in [2.75, 3.05) is 6.61 Å². The fourth-order valence-corrected chi connectivity index (χ4v) is 3.34. The van der Waals surface area contributed by atoms with Crippen molar-refractivity contribution in [1.29, 1.82) is 0 Å². The summed E-state index contributed by atoms with van der Waals surface area (Å²) in [6.07, 6.45) is 1.16. The summed E-state index contributed by atoms with van der Waals surface area (Å²) >= 11 is 3.49. The summed E-state index contributed by atoms with van der Waals surface area (Å²) < 4.78 is 12.5. The number of aryl methyl sites for hydroxylation is 2. The first-order valence-corrected chi connectivity index (χ1v) is 10.8. The summed E-state index contributed by atoms with van der Waals surface area (Å²) in [6.45, 7) is 5.84. The molecule has 0 aliphatic heterocycles. The van der Waals surface area contributed by atoms with Gasteiger partial charge in [-0.25, -0.2) is 4.79 Å². The summed E-state index contributed by atoms with van der Waals surface area (Å²) in [4.78, 5) is 11.0. The van der Waals surface area contributed by atoms with Gasteiger partial charge in [0.25, 0.3) is 0 Å². The molecule has 1 atom stereocenters. The maximum atomic E-state index is 11.0. The second-order valence-corrected chi connectivity index (χ2v) is 8.24. The molecule has 3 rings (SSSR count).